The fourth-order valence-electron chi connectivity index (χ4n) is 2.97. The molecule has 0 aliphatic carbocycles. The van der Waals surface area contributed by atoms with E-state index in [0.717, 1.165) is 29.5 Å². The molecule has 5 heteroatoms. The molecule has 0 spiro atoms. The Kier molecular flexibility index (Phi) is 4.35. The maximum Gasteiger partial charge on any atom is 0.410 e. The Labute approximate surface area is 141 Å². The second-order valence-electron chi connectivity index (χ2n) is 7.10. The van der Waals surface area contributed by atoms with E-state index in [-0.39, 0.29) is 11.9 Å². The molecule has 0 radical (unpaired) electrons. The molecule has 1 aliphatic heterocycles. The molecule has 1 amide bonds. The number of hydrogen-bond donors (Lipinski definition) is 0. The number of carbonyl (C=O) groups is 1. The average Bonchev–Trinajstić information content (AvgIpc) is 2.52. The number of benzene rings is 2. The molecule has 1 saturated heterocycles. The Bertz CT molecular complexity index is 747. The number of hydrogen-bond acceptors (Lipinski definition) is 3. The predicted molar refractivity (Wildman–Crippen MR) is 93.9 cm³/mol. The van der Waals surface area contributed by atoms with Gasteiger partial charge in [0.15, 0.2) is 0 Å². The Hall–Kier alpha value is -2.30. The zero-order valence-corrected chi connectivity index (χ0v) is 14.4. The third-order valence-corrected chi connectivity index (χ3v) is 4.09. The molecule has 1 aliphatic rings. The van der Waals surface area contributed by atoms with Crippen molar-refractivity contribution in [2.75, 3.05) is 31.1 Å². The van der Waals surface area contributed by atoms with Crippen LogP contribution in [0.5, 0.6) is 0 Å². The Balaban J connectivity index is 1.72. The summed E-state index contributed by atoms with van der Waals surface area (Å²) in [7, 11) is 0. The molecule has 3 rings (SSSR count). The van der Waals surface area contributed by atoms with E-state index in [1.54, 1.807) is 11.0 Å². The fraction of sp³-hybridized carbons (Fsp3) is 0.421. The summed E-state index contributed by atoms with van der Waals surface area (Å²) in [5, 5.41) is 1.92. The zero-order valence-electron chi connectivity index (χ0n) is 14.4. The number of ether oxygens (including phenoxy) is 1. The average molecular weight is 330 g/mol. The Morgan fingerprint density at radius 2 is 1.79 bits per heavy atom. The van der Waals surface area contributed by atoms with Gasteiger partial charge in [0.05, 0.1) is 0 Å². The summed E-state index contributed by atoms with van der Waals surface area (Å²) in [6.45, 7) is 8.31. The van der Waals surface area contributed by atoms with Gasteiger partial charge in [-0.1, -0.05) is 12.1 Å². The highest BCUT2D eigenvalue weighted by atomic mass is 19.1. The molecule has 0 aromatic heterocycles. The van der Waals surface area contributed by atoms with E-state index >= 15 is 0 Å². The monoisotopic (exact) mass is 330 g/mol. The first kappa shape index (κ1) is 16.6. The van der Waals surface area contributed by atoms with Gasteiger partial charge in [0, 0.05) is 37.3 Å². The third kappa shape index (κ3) is 3.61. The van der Waals surface area contributed by atoms with Crippen LogP contribution in [0.4, 0.5) is 14.9 Å². The molecular weight excluding hydrogens is 307 g/mol. The van der Waals surface area contributed by atoms with Crippen molar-refractivity contribution in [3.8, 4) is 0 Å². The van der Waals surface area contributed by atoms with Crippen LogP contribution in [0.1, 0.15) is 20.8 Å². The summed E-state index contributed by atoms with van der Waals surface area (Å²) in [5.74, 6) is -0.227. The van der Waals surface area contributed by atoms with E-state index in [2.05, 4.69) is 4.90 Å². The van der Waals surface area contributed by atoms with Gasteiger partial charge in [-0.3, -0.25) is 0 Å². The normalized spacial score (nSPS) is 15.7. The van der Waals surface area contributed by atoms with Crippen LogP contribution < -0.4 is 4.90 Å². The van der Waals surface area contributed by atoms with Gasteiger partial charge in [-0.15, -0.1) is 0 Å². The van der Waals surface area contributed by atoms with Gasteiger partial charge in [-0.05, 0) is 50.4 Å². The number of rotatable bonds is 1. The van der Waals surface area contributed by atoms with Crippen molar-refractivity contribution in [2.45, 2.75) is 26.4 Å². The Morgan fingerprint density at radius 1 is 1.08 bits per heavy atom. The Morgan fingerprint density at radius 3 is 2.46 bits per heavy atom. The van der Waals surface area contributed by atoms with Gasteiger partial charge in [0.1, 0.15) is 11.4 Å². The standard InChI is InChI=1S/C19H23FN2O2/c1-19(2,3)24-18(23)22-11-9-21(10-12-22)17-6-4-5-14-13-15(20)7-8-16(14)17/h4-8,13H,9-12H2,1-3H3. The van der Waals surface area contributed by atoms with Crippen LogP contribution >= 0.6 is 0 Å². The predicted octanol–water partition coefficient (Wildman–Crippen LogP) is 4.04. The largest absolute Gasteiger partial charge is 0.444 e. The van der Waals surface area contributed by atoms with Crippen molar-refractivity contribution >= 4 is 22.6 Å². The number of carbonyl (C=O) groups excluding carboxylic acids is 1. The van der Waals surface area contributed by atoms with E-state index in [1.165, 1.54) is 6.07 Å². The number of anilines is 1. The number of fused-ring (bicyclic) bond motifs is 1. The number of piperazine rings is 1. The summed E-state index contributed by atoms with van der Waals surface area (Å²) in [6, 6.07) is 10.8. The van der Waals surface area contributed by atoms with Gasteiger partial charge in [-0.25, -0.2) is 9.18 Å². The van der Waals surface area contributed by atoms with Crippen LogP contribution in [-0.2, 0) is 4.74 Å². The van der Waals surface area contributed by atoms with E-state index in [1.807, 2.05) is 45.0 Å². The van der Waals surface area contributed by atoms with Gasteiger partial charge in [0.25, 0.3) is 0 Å². The molecule has 0 saturated carbocycles. The molecular formula is C19H23FN2O2. The van der Waals surface area contributed by atoms with Crippen molar-refractivity contribution < 1.29 is 13.9 Å². The van der Waals surface area contributed by atoms with Crippen LogP contribution in [-0.4, -0.2) is 42.8 Å². The molecule has 2 aromatic rings. The first-order chi connectivity index (χ1) is 11.3. The lowest BCUT2D eigenvalue weighted by atomic mass is 10.1. The molecule has 24 heavy (non-hydrogen) atoms. The van der Waals surface area contributed by atoms with E-state index in [0.29, 0.717) is 13.1 Å². The van der Waals surface area contributed by atoms with Crippen LogP contribution in [0, 0.1) is 5.82 Å². The summed E-state index contributed by atoms with van der Waals surface area (Å²) in [4.78, 5) is 16.1. The van der Waals surface area contributed by atoms with Crippen molar-refractivity contribution in [1.82, 2.24) is 4.90 Å². The second-order valence-corrected chi connectivity index (χ2v) is 7.10. The second kappa shape index (κ2) is 6.30. The highest BCUT2D eigenvalue weighted by Crippen LogP contribution is 2.28. The van der Waals surface area contributed by atoms with Gasteiger partial charge in [0.2, 0.25) is 0 Å². The third-order valence-electron chi connectivity index (χ3n) is 4.09. The summed E-state index contributed by atoms with van der Waals surface area (Å²) in [5.41, 5.74) is 0.602. The summed E-state index contributed by atoms with van der Waals surface area (Å²) >= 11 is 0. The first-order valence-electron chi connectivity index (χ1n) is 8.25. The minimum atomic E-state index is -0.478. The van der Waals surface area contributed by atoms with Gasteiger partial charge >= 0.3 is 6.09 Å². The maximum atomic E-state index is 13.4. The smallest absolute Gasteiger partial charge is 0.410 e. The van der Waals surface area contributed by atoms with E-state index < -0.39 is 5.60 Å². The van der Waals surface area contributed by atoms with Gasteiger partial charge in [-0.2, -0.15) is 0 Å². The van der Waals surface area contributed by atoms with E-state index in [9.17, 15) is 9.18 Å². The highest BCUT2D eigenvalue weighted by Gasteiger charge is 2.26. The molecule has 0 bridgehead atoms. The summed E-state index contributed by atoms with van der Waals surface area (Å²) < 4.78 is 18.8. The van der Waals surface area contributed by atoms with E-state index in [4.69, 9.17) is 4.74 Å². The van der Waals surface area contributed by atoms with Crippen LogP contribution in [0.2, 0.25) is 0 Å². The molecule has 4 nitrogen and oxygen atoms in total. The molecule has 0 unspecified atom stereocenters. The molecule has 1 fully saturated rings. The number of nitrogens with zero attached hydrogens (tertiary/aromatic N) is 2. The minimum Gasteiger partial charge on any atom is -0.444 e. The quantitative estimate of drug-likeness (QED) is 0.791. The molecule has 1 heterocycles. The summed E-state index contributed by atoms with van der Waals surface area (Å²) in [6.07, 6.45) is -0.262. The van der Waals surface area contributed by atoms with Crippen LogP contribution in [0.25, 0.3) is 10.8 Å². The minimum absolute atomic E-state index is 0.227. The topological polar surface area (TPSA) is 32.8 Å². The maximum absolute atomic E-state index is 13.4. The number of amides is 1. The molecule has 128 valence electrons. The lowest BCUT2D eigenvalue weighted by Gasteiger charge is -2.37. The fourth-order valence-corrected chi connectivity index (χ4v) is 2.97. The van der Waals surface area contributed by atoms with Gasteiger partial charge < -0.3 is 14.5 Å². The number of halogens is 1. The molecule has 0 N–H and O–H groups in total. The van der Waals surface area contributed by atoms with Crippen molar-refractivity contribution in [2.24, 2.45) is 0 Å². The molecule has 2 aromatic carbocycles. The van der Waals surface area contributed by atoms with Crippen molar-refractivity contribution in [1.29, 1.82) is 0 Å². The highest BCUT2D eigenvalue weighted by molar-refractivity contribution is 5.94. The van der Waals surface area contributed by atoms with Crippen molar-refractivity contribution in [3.05, 3.63) is 42.2 Å². The van der Waals surface area contributed by atoms with Crippen molar-refractivity contribution in [3.63, 3.8) is 0 Å². The SMILES string of the molecule is CC(C)(C)OC(=O)N1CCN(c2cccc3cc(F)ccc23)CC1. The lowest BCUT2D eigenvalue weighted by Crippen LogP contribution is -2.50. The van der Waals surface area contributed by atoms with Crippen LogP contribution in [0.3, 0.4) is 0 Å². The zero-order chi connectivity index (χ0) is 17.3. The van der Waals surface area contributed by atoms with Crippen LogP contribution in [0.15, 0.2) is 36.4 Å². The lowest BCUT2D eigenvalue weighted by molar-refractivity contribution is 0.0240. The first-order valence-corrected chi connectivity index (χ1v) is 8.25. The molecule has 0 atom stereocenters.